The van der Waals surface area contributed by atoms with Gasteiger partial charge in [0.15, 0.2) is 0 Å². The fourth-order valence-corrected chi connectivity index (χ4v) is 3.06. The van der Waals surface area contributed by atoms with Crippen molar-refractivity contribution < 1.29 is 4.74 Å². The van der Waals surface area contributed by atoms with Crippen LogP contribution in [0.1, 0.15) is 36.8 Å². The number of methoxy groups -OCH3 is 1. The number of hydrogen-bond acceptors (Lipinski definition) is 2. The Hall–Kier alpha value is -0.730. The molecule has 1 aliphatic rings. The fourth-order valence-electron chi connectivity index (χ4n) is 2.61. The molecule has 3 heteroatoms. The molecular weight excluding hydrogens is 222 g/mol. The smallest absolute Gasteiger partial charge is 0.125 e. The van der Waals surface area contributed by atoms with Crippen LogP contribution in [0.5, 0.6) is 5.75 Å². The second-order valence-corrected chi connectivity index (χ2v) is 5.09. The lowest BCUT2D eigenvalue weighted by Crippen LogP contribution is -2.34. The number of rotatable bonds is 2. The van der Waals surface area contributed by atoms with Gasteiger partial charge in [-0.05, 0) is 37.5 Å². The maximum atomic E-state index is 6.44. The summed E-state index contributed by atoms with van der Waals surface area (Å²) in [5, 5.41) is 0.737. The topological polar surface area (TPSA) is 35.2 Å². The average Bonchev–Trinajstić information content (AvgIpc) is 2.64. The lowest BCUT2D eigenvalue weighted by Gasteiger charge is -2.27. The Morgan fingerprint density at radius 2 is 1.94 bits per heavy atom. The summed E-state index contributed by atoms with van der Waals surface area (Å²) in [5.41, 5.74) is 8.24. The zero-order chi connectivity index (χ0) is 11.8. The van der Waals surface area contributed by atoms with Crippen LogP contribution in [0.3, 0.4) is 0 Å². The zero-order valence-corrected chi connectivity index (χ0v) is 10.6. The van der Waals surface area contributed by atoms with Crippen molar-refractivity contribution in [1.29, 1.82) is 0 Å². The Morgan fingerprint density at radius 1 is 1.31 bits per heavy atom. The van der Waals surface area contributed by atoms with Crippen molar-refractivity contribution >= 4 is 11.6 Å². The number of hydrogen-bond donors (Lipinski definition) is 1. The van der Waals surface area contributed by atoms with Gasteiger partial charge in [-0.25, -0.2) is 0 Å². The van der Waals surface area contributed by atoms with E-state index in [1.165, 1.54) is 12.8 Å². The highest BCUT2D eigenvalue weighted by Gasteiger charge is 2.35. The summed E-state index contributed by atoms with van der Waals surface area (Å²) in [5.74, 6) is 0.828. The van der Waals surface area contributed by atoms with Crippen molar-refractivity contribution in [1.82, 2.24) is 0 Å². The van der Waals surface area contributed by atoms with E-state index >= 15 is 0 Å². The van der Waals surface area contributed by atoms with Crippen molar-refractivity contribution in [2.45, 2.75) is 38.1 Å². The molecule has 0 spiro atoms. The Labute approximate surface area is 102 Å². The van der Waals surface area contributed by atoms with Crippen LogP contribution in [0.4, 0.5) is 0 Å². The van der Waals surface area contributed by atoms with E-state index in [2.05, 4.69) is 0 Å². The second-order valence-electron chi connectivity index (χ2n) is 4.69. The van der Waals surface area contributed by atoms with Crippen LogP contribution in [0.15, 0.2) is 12.1 Å². The van der Waals surface area contributed by atoms with E-state index in [-0.39, 0.29) is 5.54 Å². The monoisotopic (exact) mass is 239 g/mol. The molecule has 1 saturated carbocycles. The Morgan fingerprint density at radius 3 is 2.50 bits per heavy atom. The summed E-state index contributed by atoms with van der Waals surface area (Å²) in [6.45, 7) is 2.01. The van der Waals surface area contributed by atoms with E-state index < -0.39 is 0 Å². The quantitative estimate of drug-likeness (QED) is 0.859. The van der Waals surface area contributed by atoms with Crippen LogP contribution >= 0.6 is 11.6 Å². The first kappa shape index (κ1) is 11.7. The maximum Gasteiger partial charge on any atom is 0.125 e. The molecule has 0 amide bonds. The second kappa shape index (κ2) is 4.27. The summed E-state index contributed by atoms with van der Waals surface area (Å²) >= 11 is 6.32. The van der Waals surface area contributed by atoms with E-state index in [1.807, 2.05) is 19.1 Å². The molecule has 1 aromatic rings. The van der Waals surface area contributed by atoms with Crippen LogP contribution in [-0.4, -0.2) is 7.11 Å². The van der Waals surface area contributed by atoms with Gasteiger partial charge >= 0.3 is 0 Å². The summed E-state index contributed by atoms with van der Waals surface area (Å²) in [6.07, 6.45) is 4.33. The molecule has 2 nitrogen and oxygen atoms in total. The minimum absolute atomic E-state index is 0.296. The molecule has 0 atom stereocenters. The molecule has 2 rings (SSSR count). The molecule has 0 unspecified atom stereocenters. The molecule has 0 bridgehead atoms. The van der Waals surface area contributed by atoms with Crippen molar-refractivity contribution in [3.63, 3.8) is 0 Å². The first-order chi connectivity index (χ1) is 7.57. The van der Waals surface area contributed by atoms with Crippen LogP contribution in [0.2, 0.25) is 5.02 Å². The molecule has 0 saturated heterocycles. The Bertz CT molecular complexity index is 397. The highest BCUT2D eigenvalue weighted by molar-refractivity contribution is 6.31. The standard InChI is InChI=1S/C13H18ClNO/c1-9-7-10(14)12(11(8-9)16-2)13(15)5-3-4-6-13/h7-8H,3-6,15H2,1-2H3. The van der Waals surface area contributed by atoms with Gasteiger partial charge in [0.2, 0.25) is 0 Å². The Kier molecular flexibility index (Phi) is 3.13. The lowest BCUT2D eigenvalue weighted by atomic mass is 9.88. The fraction of sp³-hybridized carbons (Fsp3) is 0.538. The van der Waals surface area contributed by atoms with Gasteiger partial charge in [-0.1, -0.05) is 24.4 Å². The van der Waals surface area contributed by atoms with E-state index in [4.69, 9.17) is 22.1 Å². The van der Waals surface area contributed by atoms with Crippen molar-refractivity contribution in [3.8, 4) is 5.75 Å². The summed E-state index contributed by atoms with van der Waals surface area (Å²) in [6, 6.07) is 3.97. The van der Waals surface area contributed by atoms with Crippen molar-refractivity contribution in [3.05, 3.63) is 28.3 Å². The third-order valence-electron chi connectivity index (χ3n) is 3.41. The highest BCUT2D eigenvalue weighted by Crippen LogP contribution is 2.44. The number of benzene rings is 1. The van der Waals surface area contributed by atoms with E-state index in [9.17, 15) is 0 Å². The van der Waals surface area contributed by atoms with Crippen LogP contribution in [0.25, 0.3) is 0 Å². The molecule has 1 aromatic carbocycles. The first-order valence-electron chi connectivity index (χ1n) is 5.70. The van der Waals surface area contributed by atoms with Gasteiger partial charge in [-0.15, -0.1) is 0 Å². The van der Waals surface area contributed by atoms with Crippen LogP contribution < -0.4 is 10.5 Å². The number of nitrogens with two attached hydrogens (primary N) is 1. The Balaban J connectivity index is 2.54. The summed E-state index contributed by atoms with van der Waals surface area (Å²) < 4.78 is 5.42. The van der Waals surface area contributed by atoms with E-state index in [0.29, 0.717) is 0 Å². The molecule has 0 radical (unpaired) electrons. The van der Waals surface area contributed by atoms with Crippen LogP contribution in [-0.2, 0) is 5.54 Å². The molecule has 0 aliphatic heterocycles. The van der Waals surface area contributed by atoms with Gasteiger partial charge in [-0.2, -0.15) is 0 Å². The summed E-state index contributed by atoms with van der Waals surface area (Å²) in [4.78, 5) is 0. The van der Waals surface area contributed by atoms with E-state index in [0.717, 1.165) is 34.7 Å². The molecule has 1 fully saturated rings. The molecule has 1 aliphatic carbocycles. The van der Waals surface area contributed by atoms with Gasteiger partial charge in [0.25, 0.3) is 0 Å². The van der Waals surface area contributed by atoms with E-state index in [1.54, 1.807) is 7.11 Å². The van der Waals surface area contributed by atoms with Gasteiger partial charge in [-0.3, -0.25) is 0 Å². The average molecular weight is 240 g/mol. The third kappa shape index (κ3) is 1.92. The van der Waals surface area contributed by atoms with Crippen molar-refractivity contribution in [2.24, 2.45) is 5.73 Å². The zero-order valence-electron chi connectivity index (χ0n) is 9.85. The lowest BCUT2D eigenvalue weighted by molar-refractivity contribution is 0.379. The number of aryl methyl sites for hydroxylation is 1. The van der Waals surface area contributed by atoms with Gasteiger partial charge in [0, 0.05) is 16.1 Å². The highest BCUT2D eigenvalue weighted by atomic mass is 35.5. The maximum absolute atomic E-state index is 6.44. The van der Waals surface area contributed by atoms with Gasteiger partial charge < -0.3 is 10.5 Å². The molecule has 0 aromatic heterocycles. The minimum Gasteiger partial charge on any atom is -0.496 e. The largest absolute Gasteiger partial charge is 0.496 e. The third-order valence-corrected chi connectivity index (χ3v) is 3.71. The van der Waals surface area contributed by atoms with Crippen molar-refractivity contribution in [2.75, 3.05) is 7.11 Å². The van der Waals surface area contributed by atoms with Gasteiger partial charge in [0.1, 0.15) is 5.75 Å². The molecule has 88 valence electrons. The SMILES string of the molecule is COc1cc(C)cc(Cl)c1C1(N)CCCC1. The number of halogens is 1. The number of ether oxygens (including phenoxy) is 1. The van der Waals surface area contributed by atoms with Gasteiger partial charge in [0.05, 0.1) is 7.11 Å². The predicted octanol–water partition coefficient (Wildman–Crippen LogP) is 3.39. The first-order valence-corrected chi connectivity index (χ1v) is 6.08. The predicted molar refractivity (Wildman–Crippen MR) is 67.1 cm³/mol. The minimum atomic E-state index is -0.296. The molecule has 16 heavy (non-hydrogen) atoms. The summed E-state index contributed by atoms with van der Waals surface area (Å²) in [7, 11) is 1.67. The normalized spacial score (nSPS) is 18.8. The van der Waals surface area contributed by atoms with Crippen LogP contribution in [0, 0.1) is 6.92 Å². The molecule has 2 N–H and O–H groups in total. The molecule has 0 heterocycles. The molecular formula is C13H18ClNO.